The molecule has 0 aliphatic carbocycles. The molecule has 0 fully saturated rings. The molecule has 0 amide bonds. The van der Waals surface area contributed by atoms with Gasteiger partial charge in [0, 0.05) is 130 Å². The third-order valence-electron chi connectivity index (χ3n) is 19.0. The number of carbonyl (C=O) groups is 3. The molecule has 12 aromatic rings. The number of nitrogens with zero attached hydrogens (tertiary/aromatic N) is 3. The SMILES string of the molecule is CC(=O)C=C(C)O.CC(=O)C=C(C)O.CC(=O)C=C(C)O.Cc1[c-]c(-c2cc3oc(-c4c(C)cc(C(C)(C)C)cc4C)cc3cn2)cc(C(C)(C)C)c1.Cc1[c-]c(-c2cc3oc(-c4cc(C(C)(C)C)cc(C(C)(C)C)c4)cc3cn2)cc(C(C)(C)C)c1.Cc1[c-]c(-c2cc3oc(-c4cc(C)cc(C)c4)cc3cn2)cc(C(C)(C)C)c1.[Ir].[Ir].[Ir]. The van der Waals surface area contributed by atoms with Gasteiger partial charge in [0.1, 0.15) is 34.0 Å². The van der Waals surface area contributed by atoms with Gasteiger partial charge in [-0.05, 0) is 207 Å². The maximum atomic E-state index is 10.0. The van der Waals surface area contributed by atoms with Crippen LogP contribution < -0.4 is 0 Å². The van der Waals surface area contributed by atoms with E-state index in [1.165, 1.54) is 121 Å². The van der Waals surface area contributed by atoms with Gasteiger partial charge in [0.2, 0.25) is 0 Å². The standard InChI is InChI=1S/C32H38NO.C30H34NO.C26H26NO.3C5H8O2.3Ir/c1-20-11-21(13-24(12-20)30(2,3)4)27-18-29-23(19-33-27)16-28(34-29)22-14-25(31(5,6)7)17-26(15-22)32(8,9)10;1-18-10-21(14-23(11-18)29(4,5)6)25-16-26-22(17-31-25)15-27(32-26)28-19(2)12-24(13-20(28)3)30(7,8)9;1-16-7-17(2)10-20(9-16)24-13-21-15-27-23(14-25(21)28-24)19-8-18(3)11-22(12-19)26(4,5)6;3*1-4(6)3-5(2)7;;;/h12-19H,1-10H3;11-17H,1-9H3;7,9-15H,1-6H3;3*3,6H,1-2H3;;;/q3*-1;;;;;;. The van der Waals surface area contributed by atoms with Crippen LogP contribution in [-0.4, -0.2) is 47.6 Å². The smallest absolute Gasteiger partial charge is 0.155 e. The minimum Gasteiger partial charge on any atom is -0.512 e. The molecule has 3 radical (unpaired) electrons. The van der Waals surface area contributed by atoms with E-state index in [4.69, 9.17) is 43.5 Å². The molecule has 118 heavy (non-hydrogen) atoms. The molecule has 0 aliphatic rings. The Morgan fingerprint density at radius 2 is 0.559 bits per heavy atom. The van der Waals surface area contributed by atoms with Crippen molar-refractivity contribution in [1.29, 1.82) is 0 Å². The van der Waals surface area contributed by atoms with Crippen LogP contribution in [0.15, 0.2) is 189 Å². The van der Waals surface area contributed by atoms with Gasteiger partial charge < -0.3 is 43.5 Å². The number of hydrogen-bond acceptors (Lipinski definition) is 12. The third-order valence-corrected chi connectivity index (χ3v) is 19.0. The van der Waals surface area contributed by atoms with E-state index < -0.39 is 0 Å². The summed E-state index contributed by atoms with van der Waals surface area (Å²) in [6.45, 7) is 63.8. The van der Waals surface area contributed by atoms with E-state index in [0.29, 0.717) is 0 Å². The van der Waals surface area contributed by atoms with Crippen LogP contribution in [0.25, 0.3) is 101 Å². The van der Waals surface area contributed by atoms with E-state index in [0.717, 1.165) is 112 Å². The summed E-state index contributed by atoms with van der Waals surface area (Å²) in [6, 6.07) is 54.0. The molecule has 12 nitrogen and oxygen atoms in total. The molecule has 6 heterocycles. The molecule has 0 atom stereocenters. The topological polar surface area (TPSA) is 190 Å². The van der Waals surface area contributed by atoms with Crippen LogP contribution in [0.2, 0.25) is 0 Å². The summed E-state index contributed by atoms with van der Waals surface area (Å²) in [6.07, 6.45) is 9.23. The first-order chi connectivity index (χ1) is 53.0. The summed E-state index contributed by atoms with van der Waals surface area (Å²) in [4.78, 5) is 44.3. The molecular weight excluding hydrogens is 2000 g/mol. The molecule has 3 N–H and O–H groups in total. The van der Waals surface area contributed by atoms with Crippen LogP contribution in [0.4, 0.5) is 0 Å². The molecule has 0 saturated carbocycles. The molecule has 6 aromatic carbocycles. The number of aliphatic hydroxyl groups is 3. The second-order valence-corrected chi connectivity index (χ2v) is 36.9. The molecule has 633 valence electrons. The van der Waals surface area contributed by atoms with Crippen LogP contribution in [0.1, 0.15) is 238 Å². The molecule has 0 unspecified atom stereocenters. The first-order valence-corrected chi connectivity index (χ1v) is 39.3. The van der Waals surface area contributed by atoms with Crippen LogP contribution in [0.5, 0.6) is 0 Å². The van der Waals surface area contributed by atoms with Crippen molar-refractivity contribution in [3.05, 3.63) is 266 Å². The Hall–Kier alpha value is -9.03. The van der Waals surface area contributed by atoms with Gasteiger partial charge in [-0.15, -0.1) is 105 Å². The van der Waals surface area contributed by atoms with Crippen molar-refractivity contribution < 1.29 is 103 Å². The maximum absolute atomic E-state index is 10.0. The van der Waals surface area contributed by atoms with E-state index in [1.54, 1.807) is 0 Å². The fourth-order valence-electron chi connectivity index (χ4n) is 12.9. The number of furan rings is 3. The van der Waals surface area contributed by atoms with Gasteiger partial charge in [-0.2, -0.15) is 0 Å². The normalized spacial score (nSPS) is 12.0. The number of hydrogen-bond donors (Lipinski definition) is 3. The summed E-state index contributed by atoms with van der Waals surface area (Å²) in [5, 5.41) is 28.1. The van der Waals surface area contributed by atoms with Crippen molar-refractivity contribution >= 4 is 50.3 Å². The number of fused-ring (bicyclic) bond motifs is 3. The fraction of sp³-hybridized carbons (Fsp3) is 0.359. The van der Waals surface area contributed by atoms with E-state index in [-0.39, 0.29) is 127 Å². The zero-order valence-corrected chi connectivity index (χ0v) is 82.3. The quantitative estimate of drug-likeness (QED) is 0.0705. The van der Waals surface area contributed by atoms with Crippen molar-refractivity contribution in [3.63, 3.8) is 0 Å². The summed E-state index contributed by atoms with van der Waals surface area (Å²) in [5.74, 6) is 2.48. The second-order valence-electron chi connectivity index (χ2n) is 36.9. The van der Waals surface area contributed by atoms with Gasteiger partial charge in [-0.25, -0.2) is 0 Å². The number of aromatic nitrogens is 3. The number of aliphatic hydroxyl groups excluding tert-OH is 3. The average Bonchev–Trinajstić information content (AvgIpc) is 1.64. The van der Waals surface area contributed by atoms with E-state index in [9.17, 15) is 14.4 Å². The number of aryl methyl sites for hydroxylation is 7. The van der Waals surface area contributed by atoms with E-state index >= 15 is 0 Å². The second kappa shape index (κ2) is 41.3. The molecule has 12 rings (SSSR count). The Morgan fingerprint density at radius 1 is 0.314 bits per heavy atom. The summed E-state index contributed by atoms with van der Waals surface area (Å²) >= 11 is 0. The number of allylic oxidation sites excluding steroid dienone is 6. The Bertz CT molecular complexity index is 5480. The Labute approximate surface area is 743 Å². The summed E-state index contributed by atoms with van der Waals surface area (Å²) in [5.41, 5.74) is 28.3. The van der Waals surface area contributed by atoms with Crippen LogP contribution in [0, 0.1) is 66.7 Å². The number of carbonyl (C=O) groups excluding carboxylic acids is 3. The predicted molar refractivity (Wildman–Crippen MR) is 478 cm³/mol. The number of pyridine rings is 3. The van der Waals surface area contributed by atoms with Crippen molar-refractivity contribution in [2.75, 3.05) is 0 Å². The van der Waals surface area contributed by atoms with Gasteiger partial charge in [0.05, 0.1) is 17.3 Å². The molecule has 15 heteroatoms. The minimum atomic E-state index is -0.125. The zero-order valence-electron chi connectivity index (χ0n) is 75.1. The number of rotatable bonds is 9. The molecule has 6 aromatic heterocycles. The predicted octanol–water partition coefficient (Wildman–Crippen LogP) is 27.9. The molecule has 0 aliphatic heterocycles. The van der Waals surface area contributed by atoms with E-state index in [1.807, 2.05) is 30.7 Å². The molecule has 0 spiro atoms. The van der Waals surface area contributed by atoms with Gasteiger partial charge in [-0.1, -0.05) is 181 Å². The number of ketones is 3. The van der Waals surface area contributed by atoms with Crippen LogP contribution >= 0.6 is 0 Å². The van der Waals surface area contributed by atoms with Crippen LogP contribution in [0.3, 0.4) is 0 Å². The molecule has 0 saturated heterocycles. The van der Waals surface area contributed by atoms with Gasteiger partial charge in [-0.3, -0.25) is 14.4 Å². The number of benzene rings is 6. The monoisotopic (exact) mass is 2120 g/mol. The van der Waals surface area contributed by atoms with Crippen molar-refractivity contribution in [2.24, 2.45) is 0 Å². The molecule has 0 bridgehead atoms. The van der Waals surface area contributed by atoms with Crippen molar-refractivity contribution in [1.82, 2.24) is 15.0 Å². The first-order valence-electron chi connectivity index (χ1n) is 39.3. The van der Waals surface area contributed by atoms with Crippen molar-refractivity contribution in [2.45, 2.75) is 247 Å². The Kier molecular flexibility index (Phi) is 35.5. The Balaban J connectivity index is 0.000000328. The fourth-order valence-corrected chi connectivity index (χ4v) is 12.9. The first kappa shape index (κ1) is 101. The van der Waals surface area contributed by atoms with Crippen LogP contribution in [-0.2, 0) is 107 Å². The Morgan fingerprint density at radius 3 is 0.814 bits per heavy atom. The minimum absolute atomic E-state index is 0. The van der Waals surface area contributed by atoms with Crippen molar-refractivity contribution in [3.8, 4) is 67.7 Å². The van der Waals surface area contributed by atoms with Gasteiger partial charge in [0.25, 0.3) is 0 Å². The largest absolute Gasteiger partial charge is 0.512 e. The molecular formula is C103H122Ir3N3O9-3. The zero-order chi connectivity index (χ0) is 86.1. The maximum Gasteiger partial charge on any atom is 0.155 e. The van der Waals surface area contributed by atoms with E-state index in [2.05, 4.69) is 300 Å². The summed E-state index contributed by atoms with van der Waals surface area (Å²) < 4.78 is 19.0. The summed E-state index contributed by atoms with van der Waals surface area (Å²) in [7, 11) is 0. The average molecular weight is 2120 g/mol. The van der Waals surface area contributed by atoms with Gasteiger partial charge >= 0.3 is 0 Å². The van der Waals surface area contributed by atoms with Gasteiger partial charge in [0.15, 0.2) is 17.3 Å². The third kappa shape index (κ3) is 29.4.